The highest BCUT2D eigenvalue weighted by atomic mass is 32.2. The highest BCUT2D eigenvalue weighted by molar-refractivity contribution is 7.98. The molecule has 1 atom stereocenters. The number of carbonyl (C=O) groups is 1. The summed E-state index contributed by atoms with van der Waals surface area (Å²) in [5, 5.41) is 9.77. The van der Waals surface area contributed by atoms with Gasteiger partial charge in [-0.2, -0.15) is 16.7 Å². The molecular weight excluding hydrogens is 252 g/mol. The Labute approximate surface area is 110 Å². The normalized spacial score (nSPS) is 20.2. The van der Waals surface area contributed by atoms with Gasteiger partial charge in [0.15, 0.2) is 5.82 Å². The van der Waals surface area contributed by atoms with E-state index in [0.29, 0.717) is 30.7 Å². The number of hydrogen-bond donors (Lipinski definition) is 2. The third-order valence-corrected chi connectivity index (χ3v) is 3.84. The van der Waals surface area contributed by atoms with Gasteiger partial charge in [-0.1, -0.05) is 19.0 Å². The molecule has 1 aromatic heterocycles. The smallest absolute Gasteiger partial charge is 0.245 e. The minimum Gasteiger partial charge on any atom is -0.353 e. The van der Waals surface area contributed by atoms with Crippen LogP contribution in [0, 0.1) is 5.92 Å². The zero-order valence-corrected chi connectivity index (χ0v) is 11.4. The Morgan fingerprint density at radius 3 is 3.06 bits per heavy atom. The predicted octanol–water partition coefficient (Wildman–Crippen LogP) is 0.719. The highest BCUT2D eigenvalue weighted by Gasteiger charge is 2.23. The molecule has 1 unspecified atom stereocenters. The van der Waals surface area contributed by atoms with E-state index in [-0.39, 0.29) is 11.9 Å². The molecule has 1 aromatic rings. The Balaban J connectivity index is 1.84. The second-order valence-electron chi connectivity index (χ2n) is 4.70. The van der Waals surface area contributed by atoms with E-state index in [1.807, 2.05) is 0 Å². The third kappa shape index (κ3) is 3.71. The Bertz CT molecular complexity index is 398. The summed E-state index contributed by atoms with van der Waals surface area (Å²) in [4.78, 5) is 15.4. The molecule has 2 rings (SSSR count). The Hall–Kier alpha value is -1.08. The number of hydrogen-bond acceptors (Lipinski definition) is 6. The van der Waals surface area contributed by atoms with Crippen molar-refractivity contribution in [1.82, 2.24) is 20.8 Å². The molecule has 6 nitrogen and oxygen atoms in total. The number of amides is 1. The molecule has 100 valence electrons. The summed E-state index contributed by atoms with van der Waals surface area (Å²) in [6, 6.07) is -0.0703. The van der Waals surface area contributed by atoms with Crippen molar-refractivity contribution in [2.24, 2.45) is 5.92 Å². The quantitative estimate of drug-likeness (QED) is 0.820. The number of rotatable bonds is 5. The van der Waals surface area contributed by atoms with Crippen molar-refractivity contribution < 1.29 is 9.32 Å². The molecule has 1 saturated heterocycles. The van der Waals surface area contributed by atoms with Crippen LogP contribution in [0.4, 0.5) is 0 Å². The maximum atomic E-state index is 11.0. The molecule has 2 N–H and O–H groups in total. The van der Waals surface area contributed by atoms with Crippen LogP contribution < -0.4 is 10.6 Å². The number of carbonyl (C=O) groups excluding carboxylic acids is 1. The van der Waals surface area contributed by atoms with Crippen LogP contribution >= 0.6 is 11.8 Å². The highest BCUT2D eigenvalue weighted by Crippen LogP contribution is 2.16. The summed E-state index contributed by atoms with van der Waals surface area (Å²) < 4.78 is 5.21. The van der Waals surface area contributed by atoms with E-state index in [4.69, 9.17) is 4.52 Å². The second kappa shape index (κ2) is 6.19. The zero-order chi connectivity index (χ0) is 13.0. The fourth-order valence-corrected chi connectivity index (χ4v) is 2.48. The van der Waals surface area contributed by atoms with E-state index in [2.05, 4.69) is 34.6 Å². The average molecular weight is 270 g/mol. The lowest BCUT2D eigenvalue weighted by Gasteiger charge is -2.20. The molecule has 1 fully saturated rings. The summed E-state index contributed by atoms with van der Waals surface area (Å²) in [5.74, 6) is 3.78. The van der Waals surface area contributed by atoms with Crippen LogP contribution in [0.15, 0.2) is 4.52 Å². The topological polar surface area (TPSA) is 80.0 Å². The van der Waals surface area contributed by atoms with Crippen molar-refractivity contribution in [2.75, 3.05) is 18.8 Å². The average Bonchev–Trinajstić information content (AvgIpc) is 2.78. The van der Waals surface area contributed by atoms with Crippen molar-refractivity contribution >= 4 is 17.7 Å². The van der Waals surface area contributed by atoms with Crippen molar-refractivity contribution in [3.8, 4) is 0 Å². The first kappa shape index (κ1) is 13.4. The first-order chi connectivity index (χ1) is 8.65. The maximum Gasteiger partial charge on any atom is 0.245 e. The Kier molecular flexibility index (Phi) is 4.60. The molecule has 1 amide bonds. The van der Waals surface area contributed by atoms with E-state index >= 15 is 0 Å². The lowest BCUT2D eigenvalue weighted by Crippen LogP contribution is -2.47. The van der Waals surface area contributed by atoms with Crippen LogP contribution in [-0.4, -0.2) is 34.9 Å². The van der Waals surface area contributed by atoms with Gasteiger partial charge in [0.05, 0.1) is 12.3 Å². The van der Waals surface area contributed by atoms with Gasteiger partial charge in [-0.05, 0) is 11.7 Å². The summed E-state index contributed by atoms with van der Waals surface area (Å²) in [7, 11) is 0. The lowest BCUT2D eigenvalue weighted by molar-refractivity contribution is -0.121. The fourth-order valence-electron chi connectivity index (χ4n) is 1.59. The van der Waals surface area contributed by atoms with E-state index in [0.717, 1.165) is 11.5 Å². The number of nitrogens with zero attached hydrogens (tertiary/aromatic N) is 2. The molecule has 0 aromatic carbocycles. The standard InChI is InChI=1S/C11H18N4O2S/c1-7(2)5-18-6-9-14-11(17-15-9)8-3-13-10(16)4-12-8/h7-8,12H,3-6H2,1-2H3,(H,13,16). The molecule has 0 saturated carbocycles. The van der Waals surface area contributed by atoms with Crippen molar-refractivity contribution in [3.63, 3.8) is 0 Å². The molecule has 0 bridgehead atoms. The summed E-state index contributed by atoms with van der Waals surface area (Å²) in [5.41, 5.74) is 0. The van der Waals surface area contributed by atoms with Gasteiger partial charge in [-0.3, -0.25) is 10.1 Å². The molecule has 7 heteroatoms. The number of nitrogens with one attached hydrogen (secondary N) is 2. The number of piperazine rings is 1. The van der Waals surface area contributed by atoms with Crippen LogP contribution in [0.1, 0.15) is 31.6 Å². The molecular formula is C11H18N4O2S. The first-order valence-corrected chi connectivity index (χ1v) is 7.21. The van der Waals surface area contributed by atoms with Crippen molar-refractivity contribution in [2.45, 2.75) is 25.6 Å². The Morgan fingerprint density at radius 2 is 2.39 bits per heavy atom. The largest absolute Gasteiger partial charge is 0.353 e. The third-order valence-electron chi connectivity index (χ3n) is 2.48. The van der Waals surface area contributed by atoms with Crippen LogP contribution in [0.2, 0.25) is 0 Å². The van der Waals surface area contributed by atoms with Crippen LogP contribution in [0.25, 0.3) is 0 Å². The molecule has 1 aliphatic rings. The van der Waals surface area contributed by atoms with Gasteiger partial charge in [0, 0.05) is 6.54 Å². The van der Waals surface area contributed by atoms with Crippen molar-refractivity contribution in [1.29, 1.82) is 0 Å². The fraction of sp³-hybridized carbons (Fsp3) is 0.727. The zero-order valence-electron chi connectivity index (χ0n) is 10.6. The summed E-state index contributed by atoms with van der Waals surface area (Å²) in [6.45, 7) is 5.16. The minimum atomic E-state index is -0.0703. The molecule has 0 spiro atoms. The van der Waals surface area contributed by atoms with E-state index in [1.54, 1.807) is 11.8 Å². The summed E-state index contributed by atoms with van der Waals surface area (Å²) >= 11 is 1.80. The van der Waals surface area contributed by atoms with Gasteiger partial charge >= 0.3 is 0 Å². The molecule has 0 radical (unpaired) electrons. The van der Waals surface area contributed by atoms with Crippen molar-refractivity contribution in [3.05, 3.63) is 11.7 Å². The number of thioether (sulfide) groups is 1. The van der Waals surface area contributed by atoms with Gasteiger partial charge in [-0.15, -0.1) is 0 Å². The minimum absolute atomic E-state index is 0.00141. The predicted molar refractivity (Wildman–Crippen MR) is 69.1 cm³/mol. The van der Waals surface area contributed by atoms with Gasteiger partial charge in [0.25, 0.3) is 0 Å². The van der Waals surface area contributed by atoms with Crippen LogP contribution in [0.5, 0.6) is 0 Å². The maximum absolute atomic E-state index is 11.0. The van der Waals surface area contributed by atoms with Gasteiger partial charge in [0.2, 0.25) is 11.8 Å². The SMILES string of the molecule is CC(C)CSCc1noc(C2CNC(=O)CN2)n1. The van der Waals surface area contributed by atoms with E-state index < -0.39 is 0 Å². The molecule has 18 heavy (non-hydrogen) atoms. The van der Waals surface area contributed by atoms with Crippen LogP contribution in [-0.2, 0) is 10.5 Å². The van der Waals surface area contributed by atoms with Crippen LogP contribution in [0.3, 0.4) is 0 Å². The van der Waals surface area contributed by atoms with Gasteiger partial charge < -0.3 is 9.84 Å². The molecule has 1 aliphatic heterocycles. The van der Waals surface area contributed by atoms with Gasteiger partial charge in [-0.25, -0.2) is 0 Å². The first-order valence-electron chi connectivity index (χ1n) is 6.05. The molecule has 2 heterocycles. The number of aromatic nitrogens is 2. The second-order valence-corrected chi connectivity index (χ2v) is 5.73. The summed E-state index contributed by atoms with van der Waals surface area (Å²) in [6.07, 6.45) is 0. The van der Waals surface area contributed by atoms with E-state index in [1.165, 1.54) is 0 Å². The van der Waals surface area contributed by atoms with E-state index in [9.17, 15) is 4.79 Å². The van der Waals surface area contributed by atoms with Gasteiger partial charge in [0.1, 0.15) is 6.04 Å². The Morgan fingerprint density at radius 1 is 1.56 bits per heavy atom. The lowest BCUT2D eigenvalue weighted by atomic mass is 10.2. The monoisotopic (exact) mass is 270 g/mol. The molecule has 0 aliphatic carbocycles.